The Kier molecular flexibility index (Phi) is 10.4. The molecule has 0 saturated heterocycles. The number of hydrogen-bond acceptors (Lipinski definition) is 2. The number of nitrogens with two attached hydrogens (primary N) is 1. The Morgan fingerprint density at radius 2 is 1.94 bits per heavy atom. The Balaban J connectivity index is 0. The van der Waals surface area contributed by atoms with E-state index in [1.54, 1.807) is 0 Å². The molecule has 0 aromatic carbocycles. The van der Waals surface area contributed by atoms with Gasteiger partial charge in [-0.05, 0) is 34.4 Å². The molecule has 98 valence electrons. The lowest BCUT2D eigenvalue weighted by Gasteiger charge is -2.30. The lowest BCUT2D eigenvalue weighted by Crippen LogP contribution is -2.42. The Hall–Kier alpha value is -0.0400. The predicted octanol–water partition coefficient (Wildman–Crippen LogP) is 1.65. The zero-order valence-electron chi connectivity index (χ0n) is 11.2. The molecule has 0 aliphatic heterocycles. The fraction of sp³-hybridized carbons (Fsp3) is 0.909. The van der Waals surface area contributed by atoms with Gasteiger partial charge in [0.05, 0.1) is 6.54 Å². The maximum atomic E-state index is 5.74. The maximum absolute atomic E-state index is 5.74. The highest BCUT2D eigenvalue weighted by atomic mass is 127. The van der Waals surface area contributed by atoms with Crippen molar-refractivity contribution in [2.75, 3.05) is 27.2 Å². The number of hydrogen-bond donors (Lipinski definition) is 2. The Labute approximate surface area is 117 Å². The summed E-state index contributed by atoms with van der Waals surface area (Å²) in [5, 5.41) is 3.10. The van der Waals surface area contributed by atoms with Gasteiger partial charge >= 0.3 is 0 Å². The normalized spacial score (nSPS) is 12.5. The Morgan fingerprint density at radius 3 is 2.38 bits per heavy atom. The van der Waals surface area contributed by atoms with Crippen LogP contribution in [0.2, 0.25) is 0 Å². The van der Waals surface area contributed by atoms with Gasteiger partial charge in [0.15, 0.2) is 5.96 Å². The first kappa shape index (κ1) is 18.3. The van der Waals surface area contributed by atoms with Crippen molar-refractivity contribution in [1.82, 2.24) is 10.2 Å². The van der Waals surface area contributed by atoms with Crippen LogP contribution in [-0.4, -0.2) is 43.6 Å². The second-order valence-electron chi connectivity index (χ2n) is 4.69. The van der Waals surface area contributed by atoms with E-state index >= 15 is 0 Å². The summed E-state index contributed by atoms with van der Waals surface area (Å²) in [7, 11) is 4.10. The van der Waals surface area contributed by atoms with Gasteiger partial charge in [-0.3, -0.25) is 4.99 Å². The van der Waals surface area contributed by atoms with Crippen molar-refractivity contribution in [3.05, 3.63) is 0 Å². The fourth-order valence-corrected chi connectivity index (χ4v) is 0.869. The summed E-state index contributed by atoms with van der Waals surface area (Å²) < 4.78 is 0. The summed E-state index contributed by atoms with van der Waals surface area (Å²) in [6.07, 6.45) is 2.30. The van der Waals surface area contributed by atoms with Crippen LogP contribution in [0.5, 0.6) is 0 Å². The molecule has 16 heavy (non-hydrogen) atoms. The molecule has 0 atom stereocenters. The number of rotatable bonds is 6. The van der Waals surface area contributed by atoms with Crippen LogP contribution in [0.1, 0.15) is 33.6 Å². The second kappa shape index (κ2) is 9.04. The monoisotopic (exact) mass is 342 g/mol. The van der Waals surface area contributed by atoms with Gasteiger partial charge in [0.2, 0.25) is 0 Å². The van der Waals surface area contributed by atoms with Crippen LogP contribution in [-0.2, 0) is 0 Å². The quantitative estimate of drug-likeness (QED) is 0.334. The summed E-state index contributed by atoms with van der Waals surface area (Å²) in [6, 6.07) is 0. The predicted molar refractivity (Wildman–Crippen MR) is 82.6 cm³/mol. The minimum atomic E-state index is 0. The van der Waals surface area contributed by atoms with Gasteiger partial charge in [0.25, 0.3) is 0 Å². The molecule has 0 rings (SSSR count). The fourth-order valence-electron chi connectivity index (χ4n) is 0.869. The third-order valence-corrected chi connectivity index (χ3v) is 2.68. The summed E-state index contributed by atoms with van der Waals surface area (Å²) in [4.78, 5) is 6.48. The summed E-state index contributed by atoms with van der Waals surface area (Å²) in [5.41, 5.74) is 5.79. The van der Waals surface area contributed by atoms with Crippen molar-refractivity contribution in [1.29, 1.82) is 0 Å². The van der Waals surface area contributed by atoms with Crippen molar-refractivity contribution >= 4 is 29.9 Å². The SMILES string of the molecule is CCCCNC(N)=NCC(C)(C)N(C)C.I. The van der Waals surface area contributed by atoms with Gasteiger partial charge in [-0.2, -0.15) is 0 Å². The highest BCUT2D eigenvalue weighted by molar-refractivity contribution is 14.0. The first-order valence-electron chi connectivity index (χ1n) is 5.61. The number of halogens is 1. The van der Waals surface area contributed by atoms with Crippen molar-refractivity contribution < 1.29 is 0 Å². The van der Waals surface area contributed by atoms with E-state index in [2.05, 4.69) is 50.1 Å². The summed E-state index contributed by atoms with van der Waals surface area (Å²) in [6.45, 7) is 8.08. The number of nitrogens with one attached hydrogen (secondary N) is 1. The average Bonchev–Trinajstić information content (AvgIpc) is 2.15. The highest BCUT2D eigenvalue weighted by Crippen LogP contribution is 2.09. The molecule has 0 saturated carbocycles. The zero-order chi connectivity index (χ0) is 11.9. The van der Waals surface area contributed by atoms with E-state index in [1.807, 2.05) is 0 Å². The number of nitrogens with zero attached hydrogens (tertiary/aromatic N) is 2. The average molecular weight is 342 g/mol. The molecule has 4 nitrogen and oxygen atoms in total. The molecular weight excluding hydrogens is 315 g/mol. The van der Waals surface area contributed by atoms with E-state index in [1.165, 1.54) is 6.42 Å². The highest BCUT2D eigenvalue weighted by Gasteiger charge is 2.19. The van der Waals surface area contributed by atoms with Crippen LogP contribution in [0, 0.1) is 0 Å². The number of likely N-dealkylation sites (N-methyl/N-ethyl adjacent to an activating group) is 1. The van der Waals surface area contributed by atoms with Crippen LogP contribution in [0.3, 0.4) is 0 Å². The largest absolute Gasteiger partial charge is 0.370 e. The third-order valence-electron chi connectivity index (χ3n) is 2.68. The van der Waals surface area contributed by atoms with Crippen LogP contribution < -0.4 is 11.1 Å². The Bertz CT molecular complexity index is 202. The minimum Gasteiger partial charge on any atom is -0.370 e. The molecule has 0 aromatic rings. The Morgan fingerprint density at radius 1 is 1.38 bits per heavy atom. The molecule has 0 aromatic heterocycles. The van der Waals surface area contributed by atoms with Crippen LogP contribution in [0.4, 0.5) is 0 Å². The van der Waals surface area contributed by atoms with Gasteiger partial charge in [-0.25, -0.2) is 0 Å². The van der Waals surface area contributed by atoms with Crippen molar-refractivity contribution in [2.24, 2.45) is 10.7 Å². The van der Waals surface area contributed by atoms with E-state index < -0.39 is 0 Å². The molecule has 5 heteroatoms. The molecule has 0 fully saturated rings. The molecular formula is C11H27IN4. The van der Waals surface area contributed by atoms with E-state index in [4.69, 9.17) is 5.73 Å². The standard InChI is InChI=1S/C11H26N4.HI/c1-6-7-8-13-10(12)14-9-11(2,3)15(4)5;/h6-9H2,1-5H3,(H3,12,13,14);1H. The third kappa shape index (κ3) is 8.15. The lowest BCUT2D eigenvalue weighted by molar-refractivity contribution is 0.205. The molecule has 0 aliphatic rings. The van der Waals surface area contributed by atoms with E-state index in [0.717, 1.165) is 13.0 Å². The minimum absolute atomic E-state index is 0. The van der Waals surface area contributed by atoms with Gasteiger partial charge < -0.3 is 16.0 Å². The van der Waals surface area contributed by atoms with Crippen LogP contribution in [0.25, 0.3) is 0 Å². The van der Waals surface area contributed by atoms with Gasteiger partial charge in [0, 0.05) is 12.1 Å². The summed E-state index contributed by atoms with van der Waals surface area (Å²) in [5.74, 6) is 0.554. The molecule has 0 spiro atoms. The molecule has 0 bridgehead atoms. The van der Waals surface area contributed by atoms with Crippen molar-refractivity contribution in [3.8, 4) is 0 Å². The van der Waals surface area contributed by atoms with E-state index in [9.17, 15) is 0 Å². The lowest BCUT2D eigenvalue weighted by atomic mass is 10.1. The molecule has 0 aliphatic carbocycles. The zero-order valence-corrected chi connectivity index (χ0v) is 13.5. The van der Waals surface area contributed by atoms with Gasteiger partial charge in [-0.15, -0.1) is 24.0 Å². The van der Waals surface area contributed by atoms with Crippen molar-refractivity contribution in [2.45, 2.75) is 39.2 Å². The first-order valence-corrected chi connectivity index (χ1v) is 5.61. The number of aliphatic imine (C=N–C) groups is 1. The number of guanidine groups is 1. The molecule has 0 unspecified atom stereocenters. The molecule has 0 amide bonds. The van der Waals surface area contributed by atoms with Gasteiger partial charge in [-0.1, -0.05) is 13.3 Å². The van der Waals surface area contributed by atoms with E-state index in [-0.39, 0.29) is 29.5 Å². The second-order valence-corrected chi connectivity index (χ2v) is 4.69. The van der Waals surface area contributed by atoms with E-state index in [0.29, 0.717) is 12.5 Å². The number of unbranched alkanes of at least 4 members (excludes halogenated alkanes) is 1. The summed E-state index contributed by atoms with van der Waals surface area (Å²) >= 11 is 0. The van der Waals surface area contributed by atoms with Crippen LogP contribution >= 0.6 is 24.0 Å². The van der Waals surface area contributed by atoms with Crippen LogP contribution in [0.15, 0.2) is 4.99 Å². The molecule has 3 N–H and O–H groups in total. The van der Waals surface area contributed by atoms with Gasteiger partial charge in [0.1, 0.15) is 0 Å². The smallest absolute Gasteiger partial charge is 0.188 e. The first-order chi connectivity index (χ1) is 6.90. The molecule has 0 heterocycles. The maximum Gasteiger partial charge on any atom is 0.188 e. The van der Waals surface area contributed by atoms with Crippen molar-refractivity contribution in [3.63, 3.8) is 0 Å². The molecule has 0 radical (unpaired) electrons. The topological polar surface area (TPSA) is 53.6 Å².